The van der Waals surface area contributed by atoms with Crippen LogP contribution in [-0.2, 0) is 10.3 Å². The number of rotatable bonds is 3. The molecule has 3 N–H and O–H groups in total. The quantitative estimate of drug-likeness (QED) is 0.823. The van der Waals surface area contributed by atoms with E-state index in [0.717, 1.165) is 5.56 Å². The van der Waals surface area contributed by atoms with E-state index in [0.29, 0.717) is 0 Å². The lowest BCUT2D eigenvalue weighted by atomic mass is 9.68. The number of benzene rings is 1. The topological polar surface area (TPSA) is 63.3 Å². The van der Waals surface area contributed by atoms with E-state index >= 15 is 0 Å². The van der Waals surface area contributed by atoms with Crippen molar-refractivity contribution in [3.63, 3.8) is 0 Å². The Labute approximate surface area is 96.3 Å². The van der Waals surface area contributed by atoms with Gasteiger partial charge in [-0.15, -0.1) is 0 Å². The van der Waals surface area contributed by atoms with Crippen molar-refractivity contribution in [3.8, 4) is 0 Å². The van der Waals surface area contributed by atoms with Gasteiger partial charge in [0.1, 0.15) is 0 Å². The van der Waals surface area contributed by atoms with Gasteiger partial charge in [0.15, 0.2) is 0 Å². The van der Waals surface area contributed by atoms with Crippen LogP contribution >= 0.6 is 0 Å². The van der Waals surface area contributed by atoms with Crippen LogP contribution in [0.2, 0.25) is 0 Å². The summed E-state index contributed by atoms with van der Waals surface area (Å²) in [5.74, 6) is -0.874. The molecule has 1 atom stereocenters. The molecule has 1 aromatic carbocycles. The van der Waals surface area contributed by atoms with Crippen LogP contribution in [0.5, 0.6) is 0 Å². The highest BCUT2D eigenvalue weighted by molar-refractivity contribution is 5.69. The molecule has 3 heteroatoms. The van der Waals surface area contributed by atoms with Crippen molar-refractivity contribution in [2.75, 3.05) is 0 Å². The zero-order valence-corrected chi connectivity index (χ0v) is 10.0. The molecular formula is C13H19NO2. The molecule has 0 fully saturated rings. The van der Waals surface area contributed by atoms with E-state index in [1.807, 2.05) is 51.1 Å². The molecular weight excluding hydrogens is 202 g/mol. The van der Waals surface area contributed by atoms with Crippen LogP contribution in [0.15, 0.2) is 30.3 Å². The second kappa shape index (κ2) is 4.26. The Kier molecular flexibility index (Phi) is 3.38. The molecule has 0 amide bonds. The van der Waals surface area contributed by atoms with E-state index in [1.165, 1.54) is 0 Å². The highest BCUT2D eigenvalue weighted by Crippen LogP contribution is 2.39. The van der Waals surface area contributed by atoms with Crippen molar-refractivity contribution < 1.29 is 9.90 Å². The van der Waals surface area contributed by atoms with Gasteiger partial charge in [-0.25, -0.2) is 0 Å². The molecule has 16 heavy (non-hydrogen) atoms. The predicted molar refractivity (Wildman–Crippen MR) is 64.0 cm³/mol. The maximum atomic E-state index is 11.0. The molecule has 0 spiro atoms. The Balaban J connectivity index is 3.21. The summed E-state index contributed by atoms with van der Waals surface area (Å²) in [5.41, 5.74) is 6.02. The van der Waals surface area contributed by atoms with E-state index in [-0.39, 0.29) is 11.8 Å². The molecule has 0 heterocycles. The van der Waals surface area contributed by atoms with E-state index in [9.17, 15) is 4.79 Å². The third kappa shape index (κ3) is 2.42. The molecule has 0 saturated carbocycles. The molecule has 0 aliphatic heterocycles. The minimum atomic E-state index is -0.874. The van der Waals surface area contributed by atoms with Crippen LogP contribution in [0.4, 0.5) is 0 Å². The fourth-order valence-electron chi connectivity index (χ4n) is 1.77. The third-order valence-electron chi connectivity index (χ3n) is 3.06. The van der Waals surface area contributed by atoms with E-state index in [4.69, 9.17) is 10.8 Å². The van der Waals surface area contributed by atoms with Gasteiger partial charge in [-0.05, 0) is 11.0 Å². The Hall–Kier alpha value is -1.35. The third-order valence-corrected chi connectivity index (χ3v) is 3.06. The first-order valence-electron chi connectivity index (χ1n) is 5.33. The lowest BCUT2D eigenvalue weighted by molar-refractivity contribution is -0.139. The molecule has 0 aromatic heterocycles. The van der Waals surface area contributed by atoms with E-state index in [1.54, 1.807) is 0 Å². The number of hydrogen-bond acceptors (Lipinski definition) is 2. The second-order valence-electron chi connectivity index (χ2n) is 5.16. The molecule has 1 rings (SSSR count). The maximum Gasteiger partial charge on any atom is 0.305 e. The van der Waals surface area contributed by atoms with Crippen LogP contribution < -0.4 is 5.73 Å². The fraction of sp³-hybridized carbons (Fsp3) is 0.462. The Bertz CT molecular complexity index is 367. The van der Waals surface area contributed by atoms with Crippen molar-refractivity contribution in [1.82, 2.24) is 0 Å². The number of carboxylic acid groups (broad SMARTS) is 1. The van der Waals surface area contributed by atoms with Crippen molar-refractivity contribution >= 4 is 5.97 Å². The molecule has 0 saturated heterocycles. The lowest BCUT2D eigenvalue weighted by Crippen LogP contribution is -2.49. The molecule has 0 aliphatic carbocycles. The van der Waals surface area contributed by atoms with Gasteiger partial charge in [-0.1, -0.05) is 51.1 Å². The van der Waals surface area contributed by atoms with Gasteiger partial charge in [0, 0.05) is 0 Å². The monoisotopic (exact) mass is 221 g/mol. The number of carbonyl (C=O) groups is 1. The largest absolute Gasteiger partial charge is 0.481 e. The summed E-state index contributed by atoms with van der Waals surface area (Å²) in [7, 11) is 0. The summed E-state index contributed by atoms with van der Waals surface area (Å²) in [6, 6.07) is 9.42. The number of hydrogen-bond donors (Lipinski definition) is 2. The Morgan fingerprint density at radius 1 is 1.25 bits per heavy atom. The summed E-state index contributed by atoms with van der Waals surface area (Å²) < 4.78 is 0. The summed E-state index contributed by atoms with van der Waals surface area (Å²) >= 11 is 0. The van der Waals surface area contributed by atoms with Gasteiger partial charge in [0.2, 0.25) is 0 Å². The van der Waals surface area contributed by atoms with Crippen LogP contribution in [0.25, 0.3) is 0 Å². The van der Waals surface area contributed by atoms with Crippen LogP contribution in [0, 0.1) is 5.41 Å². The minimum absolute atomic E-state index is 0.0689. The van der Waals surface area contributed by atoms with Crippen molar-refractivity contribution in [2.45, 2.75) is 32.7 Å². The zero-order valence-electron chi connectivity index (χ0n) is 10.0. The normalized spacial score (nSPS) is 15.5. The molecule has 3 nitrogen and oxygen atoms in total. The molecule has 0 radical (unpaired) electrons. The van der Waals surface area contributed by atoms with Gasteiger partial charge in [-0.2, -0.15) is 0 Å². The molecule has 1 aromatic rings. The highest BCUT2D eigenvalue weighted by atomic mass is 16.4. The molecule has 0 unspecified atom stereocenters. The van der Waals surface area contributed by atoms with E-state index < -0.39 is 11.5 Å². The summed E-state index contributed by atoms with van der Waals surface area (Å²) in [5, 5.41) is 8.99. The first-order chi connectivity index (χ1) is 7.27. The highest BCUT2D eigenvalue weighted by Gasteiger charge is 2.41. The standard InChI is InChI=1S/C13H19NO2/c1-12(2,3)13(14,9-11(15)16)10-7-5-4-6-8-10/h4-8H,9,14H2,1-3H3,(H,15,16)/t13-/m1/s1. The smallest absolute Gasteiger partial charge is 0.305 e. The molecule has 0 bridgehead atoms. The average molecular weight is 221 g/mol. The number of aliphatic carboxylic acids is 1. The Morgan fingerprint density at radius 3 is 2.12 bits per heavy atom. The average Bonchev–Trinajstić information content (AvgIpc) is 2.16. The van der Waals surface area contributed by atoms with Gasteiger partial charge >= 0.3 is 5.97 Å². The van der Waals surface area contributed by atoms with Crippen molar-refractivity contribution in [1.29, 1.82) is 0 Å². The second-order valence-corrected chi connectivity index (χ2v) is 5.16. The molecule has 88 valence electrons. The van der Waals surface area contributed by atoms with Crippen molar-refractivity contribution in [2.24, 2.45) is 11.1 Å². The van der Waals surface area contributed by atoms with Crippen molar-refractivity contribution in [3.05, 3.63) is 35.9 Å². The SMILES string of the molecule is CC(C)(C)[C@@](N)(CC(=O)O)c1ccccc1. The van der Waals surface area contributed by atoms with Crippen LogP contribution in [0.3, 0.4) is 0 Å². The summed E-state index contributed by atoms with van der Waals surface area (Å²) in [6.45, 7) is 5.88. The fourth-order valence-corrected chi connectivity index (χ4v) is 1.77. The number of nitrogens with two attached hydrogens (primary N) is 1. The maximum absolute atomic E-state index is 11.0. The van der Waals surface area contributed by atoms with Crippen LogP contribution in [-0.4, -0.2) is 11.1 Å². The lowest BCUT2D eigenvalue weighted by Gasteiger charge is -2.41. The summed E-state index contributed by atoms with van der Waals surface area (Å²) in [4.78, 5) is 11.0. The predicted octanol–water partition coefficient (Wildman–Crippen LogP) is 2.36. The van der Waals surface area contributed by atoms with Gasteiger partial charge in [0.25, 0.3) is 0 Å². The van der Waals surface area contributed by atoms with Gasteiger partial charge < -0.3 is 10.8 Å². The molecule has 0 aliphatic rings. The Morgan fingerprint density at radius 2 is 1.75 bits per heavy atom. The van der Waals surface area contributed by atoms with Gasteiger partial charge in [0.05, 0.1) is 12.0 Å². The first kappa shape index (κ1) is 12.7. The van der Waals surface area contributed by atoms with Gasteiger partial charge in [-0.3, -0.25) is 4.79 Å². The van der Waals surface area contributed by atoms with Crippen LogP contribution in [0.1, 0.15) is 32.8 Å². The first-order valence-corrected chi connectivity index (χ1v) is 5.33. The summed E-state index contributed by atoms with van der Waals surface area (Å²) in [6.07, 6.45) is -0.0689. The van der Waals surface area contributed by atoms with E-state index in [2.05, 4.69) is 0 Å². The minimum Gasteiger partial charge on any atom is -0.481 e. The number of carboxylic acids is 1. The zero-order chi connectivity index (χ0) is 12.4.